The van der Waals surface area contributed by atoms with E-state index in [4.69, 9.17) is 18.8 Å². The van der Waals surface area contributed by atoms with Crippen molar-refractivity contribution in [1.29, 1.82) is 0 Å². The molecule has 0 radical (unpaired) electrons. The SMILES string of the molecule is COc1ccc(B2OC(C)(C)C(C)(C)O2)c(OC2CC2)c1. The van der Waals surface area contributed by atoms with Crippen molar-refractivity contribution in [2.24, 2.45) is 0 Å². The van der Waals surface area contributed by atoms with Crippen LogP contribution in [0.3, 0.4) is 0 Å². The quantitative estimate of drug-likeness (QED) is 0.799. The Labute approximate surface area is 126 Å². The van der Waals surface area contributed by atoms with Gasteiger partial charge in [0, 0.05) is 11.5 Å². The maximum Gasteiger partial charge on any atom is 0.498 e. The van der Waals surface area contributed by atoms with Crippen LogP contribution in [0.25, 0.3) is 0 Å². The van der Waals surface area contributed by atoms with Crippen molar-refractivity contribution in [3.63, 3.8) is 0 Å². The van der Waals surface area contributed by atoms with E-state index in [0.29, 0.717) is 6.10 Å². The molecule has 114 valence electrons. The largest absolute Gasteiger partial charge is 0.498 e. The van der Waals surface area contributed by atoms with Crippen LogP contribution in [0.2, 0.25) is 0 Å². The Morgan fingerprint density at radius 3 is 2.24 bits per heavy atom. The molecule has 3 rings (SSSR count). The number of hydrogen-bond acceptors (Lipinski definition) is 4. The molecule has 1 aromatic rings. The average molecular weight is 290 g/mol. The third-order valence-corrected chi connectivity index (χ3v) is 4.55. The second kappa shape index (κ2) is 4.92. The molecule has 21 heavy (non-hydrogen) atoms. The van der Waals surface area contributed by atoms with Gasteiger partial charge in [-0.2, -0.15) is 0 Å². The normalized spacial score (nSPS) is 23.2. The topological polar surface area (TPSA) is 36.9 Å². The predicted octanol–water partition coefficient (Wildman–Crippen LogP) is 2.54. The molecule has 0 atom stereocenters. The third-order valence-electron chi connectivity index (χ3n) is 4.55. The number of rotatable bonds is 4. The molecule has 2 aliphatic rings. The maximum absolute atomic E-state index is 6.12. The minimum atomic E-state index is -0.408. The Balaban J connectivity index is 1.91. The van der Waals surface area contributed by atoms with Gasteiger partial charge >= 0.3 is 7.12 Å². The Morgan fingerprint density at radius 2 is 1.71 bits per heavy atom. The molecule has 0 unspecified atom stereocenters. The van der Waals surface area contributed by atoms with Crippen molar-refractivity contribution in [3.8, 4) is 11.5 Å². The highest BCUT2D eigenvalue weighted by atomic mass is 16.7. The molecule has 1 heterocycles. The van der Waals surface area contributed by atoms with E-state index < -0.39 is 7.12 Å². The van der Waals surface area contributed by atoms with Gasteiger partial charge in [0.15, 0.2) is 0 Å². The fourth-order valence-electron chi connectivity index (χ4n) is 2.27. The Bertz CT molecular complexity index is 521. The summed E-state index contributed by atoms with van der Waals surface area (Å²) in [5, 5.41) is 0. The molecule has 0 N–H and O–H groups in total. The van der Waals surface area contributed by atoms with Crippen molar-refractivity contribution < 1.29 is 18.8 Å². The maximum atomic E-state index is 6.12. The molecule has 0 bridgehead atoms. The van der Waals surface area contributed by atoms with E-state index in [-0.39, 0.29) is 11.2 Å². The lowest BCUT2D eigenvalue weighted by atomic mass is 9.78. The minimum Gasteiger partial charge on any atom is -0.497 e. The monoisotopic (exact) mass is 290 g/mol. The lowest BCUT2D eigenvalue weighted by Gasteiger charge is -2.32. The van der Waals surface area contributed by atoms with E-state index in [0.717, 1.165) is 29.8 Å². The zero-order chi connectivity index (χ0) is 15.3. The summed E-state index contributed by atoms with van der Waals surface area (Å²) in [6.07, 6.45) is 2.54. The summed E-state index contributed by atoms with van der Waals surface area (Å²) < 4.78 is 23.5. The van der Waals surface area contributed by atoms with Gasteiger partial charge in [0.2, 0.25) is 0 Å². The molecule has 1 aromatic carbocycles. The van der Waals surface area contributed by atoms with Crippen LogP contribution in [0.1, 0.15) is 40.5 Å². The molecule has 5 heteroatoms. The van der Waals surface area contributed by atoms with Crippen LogP contribution in [0, 0.1) is 0 Å². The fraction of sp³-hybridized carbons (Fsp3) is 0.625. The van der Waals surface area contributed by atoms with E-state index in [1.807, 2.05) is 18.2 Å². The molecular weight excluding hydrogens is 267 g/mol. The first-order chi connectivity index (χ1) is 9.82. The zero-order valence-electron chi connectivity index (χ0n) is 13.4. The van der Waals surface area contributed by atoms with Crippen molar-refractivity contribution in [3.05, 3.63) is 18.2 Å². The molecule has 4 nitrogen and oxygen atoms in total. The smallest absolute Gasteiger partial charge is 0.497 e. The predicted molar refractivity (Wildman–Crippen MR) is 82.4 cm³/mol. The zero-order valence-corrected chi connectivity index (χ0v) is 13.4. The lowest BCUT2D eigenvalue weighted by Crippen LogP contribution is -2.41. The summed E-state index contributed by atoms with van der Waals surface area (Å²) in [4.78, 5) is 0. The molecule has 0 amide bonds. The summed E-state index contributed by atoms with van der Waals surface area (Å²) in [5.74, 6) is 1.58. The van der Waals surface area contributed by atoms with Crippen LogP contribution in [-0.2, 0) is 9.31 Å². The highest BCUT2D eigenvalue weighted by Gasteiger charge is 2.52. The molecule has 1 saturated carbocycles. The van der Waals surface area contributed by atoms with Gasteiger partial charge in [-0.3, -0.25) is 0 Å². The van der Waals surface area contributed by atoms with Gasteiger partial charge in [0.25, 0.3) is 0 Å². The van der Waals surface area contributed by atoms with Crippen LogP contribution in [0.15, 0.2) is 18.2 Å². The summed E-state index contributed by atoms with van der Waals surface area (Å²) in [6, 6.07) is 5.80. The number of ether oxygens (including phenoxy) is 2. The first kappa shape index (κ1) is 14.7. The number of methoxy groups -OCH3 is 1. The fourth-order valence-corrected chi connectivity index (χ4v) is 2.27. The molecule has 0 aromatic heterocycles. The Hall–Kier alpha value is -1.20. The highest BCUT2D eigenvalue weighted by molar-refractivity contribution is 6.63. The van der Waals surface area contributed by atoms with E-state index >= 15 is 0 Å². The van der Waals surface area contributed by atoms with E-state index in [9.17, 15) is 0 Å². The van der Waals surface area contributed by atoms with E-state index in [1.54, 1.807) is 7.11 Å². The summed E-state index contributed by atoms with van der Waals surface area (Å²) in [6.45, 7) is 8.21. The summed E-state index contributed by atoms with van der Waals surface area (Å²) >= 11 is 0. The summed E-state index contributed by atoms with van der Waals surface area (Å²) in [5.41, 5.74) is 0.226. The number of hydrogen-bond donors (Lipinski definition) is 0. The van der Waals surface area contributed by atoms with Gasteiger partial charge in [-0.05, 0) is 46.6 Å². The van der Waals surface area contributed by atoms with Gasteiger partial charge in [0.05, 0.1) is 24.4 Å². The first-order valence-electron chi connectivity index (χ1n) is 7.53. The second-order valence-electron chi connectivity index (χ2n) is 6.81. The molecule has 1 aliphatic carbocycles. The Morgan fingerprint density at radius 1 is 1.10 bits per heavy atom. The molecular formula is C16H23BO4. The lowest BCUT2D eigenvalue weighted by molar-refractivity contribution is 0.00578. The third kappa shape index (κ3) is 2.77. The van der Waals surface area contributed by atoms with Crippen molar-refractivity contribution >= 4 is 12.6 Å². The second-order valence-corrected chi connectivity index (χ2v) is 6.81. The van der Waals surface area contributed by atoms with E-state index in [1.165, 1.54) is 0 Å². The number of benzene rings is 1. The van der Waals surface area contributed by atoms with Gasteiger partial charge in [-0.1, -0.05) is 6.07 Å². The molecule has 1 saturated heterocycles. The minimum absolute atomic E-state index is 0.318. The molecule has 0 spiro atoms. The Kier molecular flexibility index (Phi) is 3.45. The van der Waals surface area contributed by atoms with Crippen LogP contribution in [0.4, 0.5) is 0 Å². The van der Waals surface area contributed by atoms with Crippen molar-refractivity contribution in [2.45, 2.75) is 57.8 Å². The van der Waals surface area contributed by atoms with Crippen LogP contribution in [0.5, 0.6) is 11.5 Å². The van der Waals surface area contributed by atoms with E-state index in [2.05, 4.69) is 27.7 Å². The molecule has 1 aliphatic heterocycles. The van der Waals surface area contributed by atoms with Crippen LogP contribution in [-0.4, -0.2) is 31.5 Å². The molecule has 2 fully saturated rings. The van der Waals surface area contributed by atoms with Crippen molar-refractivity contribution in [2.75, 3.05) is 7.11 Å². The average Bonchev–Trinajstić information content (AvgIpc) is 3.17. The van der Waals surface area contributed by atoms with Gasteiger partial charge in [-0.15, -0.1) is 0 Å². The van der Waals surface area contributed by atoms with Gasteiger partial charge < -0.3 is 18.8 Å². The van der Waals surface area contributed by atoms with Gasteiger partial charge in [-0.25, -0.2) is 0 Å². The highest BCUT2D eigenvalue weighted by Crippen LogP contribution is 2.38. The van der Waals surface area contributed by atoms with Gasteiger partial charge in [0.1, 0.15) is 11.5 Å². The standard InChI is InChI=1S/C16H23BO4/c1-15(2)16(3,4)21-17(20-15)13-9-8-12(18-5)10-14(13)19-11-6-7-11/h8-11H,6-7H2,1-5H3. The first-order valence-corrected chi connectivity index (χ1v) is 7.53. The van der Waals surface area contributed by atoms with Crippen LogP contribution >= 0.6 is 0 Å². The van der Waals surface area contributed by atoms with Crippen LogP contribution < -0.4 is 14.9 Å². The van der Waals surface area contributed by atoms with Crippen molar-refractivity contribution in [1.82, 2.24) is 0 Å². The summed E-state index contributed by atoms with van der Waals surface area (Å²) in [7, 11) is 1.25.